The number of rotatable bonds is 1. The average molecular weight is 276 g/mol. The van der Waals surface area contributed by atoms with Crippen LogP contribution in [0.3, 0.4) is 0 Å². The Kier molecular flexibility index (Phi) is 3.38. The molecule has 0 radical (unpaired) electrons. The third-order valence-corrected chi connectivity index (χ3v) is 4.47. The van der Waals surface area contributed by atoms with Crippen LogP contribution >= 0.6 is 0 Å². The molecule has 1 atom stereocenters. The van der Waals surface area contributed by atoms with Crippen molar-refractivity contribution in [3.63, 3.8) is 0 Å². The van der Waals surface area contributed by atoms with Gasteiger partial charge < -0.3 is 15.5 Å². The molecule has 108 valence electrons. The van der Waals surface area contributed by atoms with E-state index in [1.165, 1.54) is 6.07 Å². The third kappa shape index (κ3) is 2.16. The maximum Gasteiger partial charge on any atom is 0.196 e. The second kappa shape index (κ2) is 5.05. The normalized spacial score (nSPS) is 27.7. The van der Waals surface area contributed by atoms with E-state index in [-0.39, 0.29) is 11.4 Å². The van der Waals surface area contributed by atoms with Gasteiger partial charge in [-0.3, -0.25) is 4.99 Å². The molecule has 1 fully saturated rings. The molecule has 2 aliphatic heterocycles. The lowest BCUT2D eigenvalue weighted by atomic mass is 9.89. The van der Waals surface area contributed by atoms with Gasteiger partial charge >= 0.3 is 0 Å². The zero-order valence-corrected chi connectivity index (χ0v) is 11.8. The summed E-state index contributed by atoms with van der Waals surface area (Å²) in [5.41, 5.74) is 6.46. The summed E-state index contributed by atoms with van der Waals surface area (Å²) in [5, 5.41) is 0. The standard InChI is InChI=1S/C15H21FN4/c1-19-9-4-7-15(8-10-19)11-18-14(17)20(15)13-6-3-2-5-12(13)16/h2-3,5-6H,4,7-11H2,1H3,(H2,17,18). The van der Waals surface area contributed by atoms with E-state index in [0.29, 0.717) is 18.2 Å². The Hall–Kier alpha value is -1.62. The second-order valence-electron chi connectivity index (χ2n) is 5.84. The summed E-state index contributed by atoms with van der Waals surface area (Å²) in [4.78, 5) is 8.67. The summed E-state index contributed by atoms with van der Waals surface area (Å²) in [7, 11) is 2.13. The highest BCUT2D eigenvalue weighted by atomic mass is 19.1. The maximum absolute atomic E-state index is 14.2. The highest BCUT2D eigenvalue weighted by molar-refractivity contribution is 5.98. The fourth-order valence-electron chi connectivity index (χ4n) is 3.32. The van der Waals surface area contributed by atoms with E-state index < -0.39 is 0 Å². The van der Waals surface area contributed by atoms with Crippen LogP contribution in [0.1, 0.15) is 19.3 Å². The van der Waals surface area contributed by atoms with Crippen molar-refractivity contribution in [1.82, 2.24) is 4.90 Å². The minimum Gasteiger partial charge on any atom is -0.369 e. The van der Waals surface area contributed by atoms with Crippen LogP contribution in [0.5, 0.6) is 0 Å². The fraction of sp³-hybridized carbons (Fsp3) is 0.533. The summed E-state index contributed by atoms with van der Waals surface area (Å²) in [6.45, 7) is 2.74. The number of para-hydroxylation sites is 1. The van der Waals surface area contributed by atoms with Crippen LogP contribution < -0.4 is 10.6 Å². The number of hydrogen-bond donors (Lipinski definition) is 1. The fourth-order valence-corrected chi connectivity index (χ4v) is 3.32. The van der Waals surface area contributed by atoms with Gasteiger partial charge in [0.25, 0.3) is 0 Å². The Bertz CT molecular complexity index is 530. The molecule has 2 heterocycles. The second-order valence-corrected chi connectivity index (χ2v) is 5.84. The molecule has 4 nitrogen and oxygen atoms in total. The molecule has 1 aromatic rings. The molecule has 0 aromatic heterocycles. The Morgan fingerprint density at radius 3 is 2.85 bits per heavy atom. The smallest absolute Gasteiger partial charge is 0.196 e. The van der Waals surface area contributed by atoms with E-state index in [2.05, 4.69) is 16.9 Å². The van der Waals surface area contributed by atoms with Crippen LogP contribution in [0.15, 0.2) is 29.3 Å². The molecule has 1 aromatic carbocycles. The zero-order valence-electron chi connectivity index (χ0n) is 11.8. The van der Waals surface area contributed by atoms with Crippen LogP contribution in [0, 0.1) is 5.82 Å². The van der Waals surface area contributed by atoms with Crippen molar-refractivity contribution in [3.05, 3.63) is 30.1 Å². The van der Waals surface area contributed by atoms with Crippen molar-refractivity contribution in [2.75, 3.05) is 31.6 Å². The average Bonchev–Trinajstić information content (AvgIpc) is 2.62. The van der Waals surface area contributed by atoms with Crippen LogP contribution in [0.25, 0.3) is 0 Å². The van der Waals surface area contributed by atoms with Crippen molar-refractivity contribution in [2.24, 2.45) is 10.7 Å². The van der Waals surface area contributed by atoms with Gasteiger partial charge in [-0.25, -0.2) is 4.39 Å². The van der Waals surface area contributed by atoms with Gasteiger partial charge in [0.2, 0.25) is 0 Å². The molecule has 0 aliphatic carbocycles. The van der Waals surface area contributed by atoms with Crippen LogP contribution in [-0.2, 0) is 0 Å². The largest absolute Gasteiger partial charge is 0.369 e. The molecule has 1 saturated heterocycles. The van der Waals surface area contributed by atoms with Gasteiger partial charge in [-0.15, -0.1) is 0 Å². The van der Waals surface area contributed by atoms with Gasteiger partial charge in [0, 0.05) is 6.54 Å². The maximum atomic E-state index is 14.2. The van der Waals surface area contributed by atoms with Crippen molar-refractivity contribution < 1.29 is 4.39 Å². The minimum atomic E-state index is -0.232. The monoisotopic (exact) mass is 276 g/mol. The predicted octanol–water partition coefficient (Wildman–Crippen LogP) is 1.81. The SMILES string of the molecule is CN1CCCC2(CC1)CN=C(N)N2c1ccccc1F. The molecule has 3 rings (SSSR count). The van der Waals surface area contributed by atoms with Crippen LogP contribution in [-0.4, -0.2) is 43.1 Å². The molecule has 5 heteroatoms. The molecule has 0 bridgehead atoms. The number of likely N-dealkylation sites (tertiary alicyclic amines) is 1. The van der Waals surface area contributed by atoms with Crippen molar-refractivity contribution in [2.45, 2.75) is 24.8 Å². The number of aliphatic imine (C=N–C) groups is 1. The molecular formula is C15H21FN4. The zero-order chi connectivity index (χ0) is 14.2. The van der Waals surface area contributed by atoms with Gasteiger partial charge in [0.1, 0.15) is 5.82 Å². The minimum absolute atomic E-state index is 0.156. The number of guanidine groups is 1. The quantitative estimate of drug-likeness (QED) is 0.851. The van der Waals surface area contributed by atoms with Crippen LogP contribution in [0.2, 0.25) is 0 Å². The summed E-state index contributed by atoms with van der Waals surface area (Å²) in [6, 6.07) is 6.83. The Morgan fingerprint density at radius 2 is 2.05 bits per heavy atom. The molecule has 2 aliphatic rings. The van der Waals surface area contributed by atoms with E-state index >= 15 is 0 Å². The Balaban J connectivity index is 1.98. The number of halogens is 1. The highest BCUT2D eigenvalue weighted by Crippen LogP contribution is 2.37. The molecule has 1 unspecified atom stereocenters. The Morgan fingerprint density at radius 1 is 1.25 bits per heavy atom. The molecule has 2 N–H and O–H groups in total. The first-order valence-electron chi connectivity index (χ1n) is 7.16. The summed E-state index contributed by atoms with van der Waals surface area (Å²) in [6.07, 6.45) is 3.04. The number of nitrogens with two attached hydrogens (primary N) is 1. The lowest BCUT2D eigenvalue weighted by Gasteiger charge is -2.38. The first-order chi connectivity index (χ1) is 9.62. The third-order valence-electron chi connectivity index (χ3n) is 4.47. The lowest BCUT2D eigenvalue weighted by Crippen LogP contribution is -2.52. The van der Waals surface area contributed by atoms with E-state index in [1.54, 1.807) is 12.1 Å². The van der Waals surface area contributed by atoms with Crippen molar-refractivity contribution in [1.29, 1.82) is 0 Å². The Labute approximate surface area is 119 Å². The number of nitrogens with zero attached hydrogens (tertiary/aromatic N) is 3. The van der Waals surface area contributed by atoms with Gasteiger partial charge in [-0.05, 0) is 45.0 Å². The van der Waals surface area contributed by atoms with E-state index in [9.17, 15) is 4.39 Å². The first kappa shape index (κ1) is 13.4. The van der Waals surface area contributed by atoms with Gasteiger partial charge in [0.05, 0.1) is 17.8 Å². The lowest BCUT2D eigenvalue weighted by molar-refractivity contribution is 0.333. The van der Waals surface area contributed by atoms with E-state index in [1.807, 2.05) is 11.0 Å². The molecule has 0 amide bonds. The molecular weight excluding hydrogens is 255 g/mol. The molecule has 0 saturated carbocycles. The topological polar surface area (TPSA) is 44.9 Å². The first-order valence-corrected chi connectivity index (χ1v) is 7.16. The summed E-state index contributed by atoms with van der Waals surface area (Å²) in [5.74, 6) is 0.212. The van der Waals surface area contributed by atoms with Crippen molar-refractivity contribution >= 4 is 11.6 Å². The number of benzene rings is 1. The van der Waals surface area contributed by atoms with Gasteiger partial charge in [-0.2, -0.15) is 0 Å². The molecule has 1 spiro atoms. The predicted molar refractivity (Wildman–Crippen MR) is 79.4 cm³/mol. The van der Waals surface area contributed by atoms with E-state index in [0.717, 1.165) is 32.4 Å². The number of hydrogen-bond acceptors (Lipinski definition) is 4. The number of anilines is 1. The highest BCUT2D eigenvalue weighted by Gasteiger charge is 2.44. The molecule has 20 heavy (non-hydrogen) atoms. The van der Waals surface area contributed by atoms with E-state index in [4.69, 9.17) is 5.73 Å². The van der Waals surface area contributed by atoms with Gasteiger partial charge in [-0.1, -0.05) is 12.1 Å². The summed E-state index contributed by atoms with van der Waals surface area (Å²) < 4.78 is 14.2. The van der Waals surface area contributed by atoms with Crippen molar-refractivity contribution in [3.8, 4) is 0 Å². The van der Waals surface area contributed by atoms with Crippen LogP contribution in [0.4, 0.5) is 10.1 Å². The van der Waals surface area contributed by atoms with Gasteiger partial charge in [0.15, 0.2) is 5.96 Å². The summed E-state index contributed by atoms with van der Waals surface area (Å²) >= 11 is 0.